The highest BCUT2D eigenvalue weighted by Crippen LogP contribution is 2.29. The number of hydrogen-bond donors (Lipinski definition) is 3. The molecule has 3 N–H and O–H groups in total. The van der Waals surface area contributed by atoms with Gasteiger partial charge in [-0.3, -0.25) is 14.3 Å². The van der Waals surface area contributed by atoms with Crippen molar-refractivity contribution in [1.82, 2.24) is 10.2 Å². The van der Waals surface area contributed by atoms with Crippen molar-refractivity contribution in [3.05, 3.63) is 66.2 Å². The Balaban J connectivity index is 1.47. The molecule has 0 saturated carbocycles. The van der Waals surface area contributed by atoms with Gasteiger partial charge in [0.05, 0.1) is 10.3 Å². The fraction of sp³-hybridized carbons (Fsp3) is 0.406. The molecule has 12 heteroatoms. The van der Waals surface area contributed by atoms with Gasteiger partial charge < -0.3 is 20.3 Å². The third-order valence-corrected chi connectivity index (χ3v) is 9.36. The summed E-state index contributed by atoms with van der Waals surface area (Å²) in [7, 11) is -4.03. The molecule has 44 heavy (non-hydrogen) atoms. The van der Waals surface area contributed by atoms with Crippen LogP contribution in [-0.2, 0) is 19.6 Å². The number of benzene rings is 3. The number of nitrogens with zero attached hydrogens (tertiary/aromatic N) is 1. The Hall–Kier alpha value is -3.83. The molecule has 4 rings (SSSR count). The maximum absolute atomic E-state index is 13.6. The molecular formula is C32H39ClN4O6S. The van der Waals surface area contributed by atoms with Crippen molar-refractivity contribution in [2.75, 3.05) is 29.0 Å². The summed E-state index contributed by atoms with van der Waals surface area (Å²) in [5.41, 5.74) is -0.132. The van der Waals surface area contributed by atoms with Crippen LogP contribution in [0.3, 0.4) is 0 Å². The van der Waals surface area contributed by atoms with Gasteiger partial charge in [0.25, 0.3) is 15.9 Å². The van der Waals surface area contributed by atoms with Gasteiger partial charge in [0.15, 0.2) is 0 Å². The number of nitrogens with one attached hydrogen (secondary N) is 3. The first-order valence-corrected chi connectivity index (χ1v) is 16.4. The molecule has 0 aliphatic carbocycles. The van der Waals surface area contributed by atoms with Crippen molar-refractivity contribution in [3.63, 3.8) is 0 Å². The number of carbonyl (C=O) groups excluding carboxylic acids is 3. The number of ether oxygens (including phenoxy) is 1. The third-order valence-electron chi connectivity index (χ3n) is 7.25. The minimum absolute atomic E-state index is 0.0335. The number of piperidine rings is 1. The Labute approximate surface area is 263 Å². The molecule has 1 fully saturated rings. The number of hydrogen-bond acceptors (Lipinski definition) is 6. The average Bonchev–Trinajstić information content (AvgIpc) is 2.96. The van der Waals surface area contributed by atoms with E-state index in [4.69, 9.17) is 16.3 Å². The lowest BCUT2D eigenvalue weighted by Gasteiger charge is -2.33. The Kier molecular flexibility index (Phi) is 9.80. The molecule has 1 heterocycles. The van der Waals surface area contributed by atoms with E-state index in [1.54, 1.807) is 94.1 Å². The molecule has 0 atom stereocenters. The van der Waals surface area contributed by atoms with Crippen molar-refractivity contribution < 1.29 is 27.5 Å². The molecule has 236 valence electrons. The minimum Gasteiger partial charge on any atom is -0.444 e. The highest BCUT2D eigenvalue weighted by molar-refractivity contribution is 7.93. The maximum Gasteiger partial charge on any atom is 0.407 e. The first-order chi connectivity index (χ1) is 20.6. The van der Waals surface area contributed by atoms with Gasteiger partial charge in [0.1, 0.15) is 5.60 Å². The molecule has 0 bridgehead atoms. The summed E-state index contributed by atoms with van der Waals surface area (Å²) in [6, 6.07) is 16.1. The number of anilines is 2. The SMILES string of the molecule is CC(C)(C)OC(=O)NC1CCN(C(=O)c2cccc3c(S(=O)(=O)Nc4ccc(NC(=O)C(C)(C)CCl)cc4)cccc23)CC1. The van der Waals surface area contributed by atoms with E-state index in [9.17, 15) is 22.8 Å². The van der Waals surface area contributed by atoms with Gasteiger partial charge in [-0.15, -0.1) is 11.6 Å². The smallest absolute Gasteiger partial charge is 0.407 e. The molecule has 1 saturated heterocycles. The van der Waals surface area contributed by atoms with Crippen LogP contribution in [0.25, 0.3) is 10.8 Å². The molecule has 0 radical (unpaired) electrons. The Morgan fingerprint density at radius 2 is 1.48 bits per heavy atom. The average molecular weight is 643 g/mol. The second-order valence-corrected chi connectivity index (χ2v) is 14.4. The molecule has 10 nitrogen and oxygen atoms in total. The molecule has 0 aromatic heterocycles. The summed E-state index contributed by atoms with van der Waals surface area (Å²) in [5.74, 6) is -0.298. The lowest BCUT2D eigenvalue weighted by molar-refractivity contribution is -0.122. The van der Waals surface area contributed by atoms with Gasteiger partial charge in [-0.05, 0) is 89.2 Å². The van der Waals surface area contributed by atoms with Crippen LogP contribution in [0.4, 0.5) is 16.2 Å². The number of fused-ring (bicyclic) bond motifs is 1. The zero-order valence-corrected chi connectivity index (χ0v) is 27.1. The lowest BCUT2D eigenvalue weighted by atomic mass is 9.95. The van der Waals surface area contributed by atoms with E-state index in [1.165, 1.54) is 6.07 Å². The maximum atomic E-state index is 13.6. The van der Waals surface area contributed by atoms with E-state index in [-0.39, 0.29) is 28.6 Å². The quantitative estimate of drug-likeness (QED) is 0.259. The molecule has 1 aliphatic heterocycles. The molecular weight excluding hydrogens is 604 g/mol. The van der Waals surface area contributed by atoms with Gasteiger partial charge in [-0.1, -0.05) is 24.3 Å². The van der Waals surface area contributed by atoms with Crippen molar-refractivity contribution in [2.24, 2.45) is 5.41 Å². The van der Waals surface area contributed by atoms with Crippen LogP contribution in [0.5, 0.6) is 0 Å². The first-order valence-electron chi connectivity index (χ1n) is 14.4. The van der Waals surface area contributed by atoms with Gasteiger partial charge >= 0.3 is 6.09 Å². The van der Waals surface area contributed by atoms with Crippen LogP contribution in [0.1, 0.15) is 57.8 Å². The van der Waals surface area contributed by atoms with Crippen LogP contribution < -0.4 is 15.4 Å². The summed E-state index contributed by atoms with van der Waals surface area (Å²) < 4.78 is 34.9. The van der Waals surface area contributed by atoms with E-state index in [1.807, 2.05) is 0 Å². The van der Waals surface area contributed by atoms with Crippen molar-refractivity contribution >= 4 is 61.7 Å². The molecule has 0 unspecified atom stereocenters. The molecule has 3 aromatic rings. The first kappa shape index (κ1) is 33.1. The zero-order valence-electron chi connectivity index (χ0n) is 25.6. The number of carbonyl (C=O) groups is 3. The van der Waals surface area contributed by atoms with E-state index >= 15 is 0 Å². The summed E-state index contributed by atoms with van der Waals surface area (Å²) in [6.07, 6.45) is 0.672. The monoisotopic (exact) mass is 642 g/mol. The van der Waals surface area contributed by atoms with Crippen molar-refractivity contribution in [1.29, 1.82) is 0 Å². The van der Waals surface area contributed by atoms with Gasteiger partial charge in [-0.25, -0.2) is 13.2 Å². The van der Waals surface area contributed by atoms with Crippen LogP contribution in [0.2, 0.25) is 0 Å². The Bertz CT molecular complexity index is 1640. The van der Waals surface area contributed by atoms with Crippen LogP contribution in [-0.4, -0.2) is 61.8 Å². The Morgan fingerprint density at radius 1 is 0.886 bits per heavy atom. The highest BCUT2D eigenvalue weighted by atomic mass is 35.5. The Morgan fingerprint density at radius 3 is 2.09 bits per heavy atom. The summed E-state index contributed by atoms with van der Waals surface area (Å²) in [4.78, 5) is 39.9. The van der Waals surface area contributed by atoms with Gasteiger partial charge in [0.2, 0.25) is 5.91 Å². The molecule has 3 aromatic carbocycles. The second kappa shape index (κ2) is 13.0. The predicted octanol–water partition coefficient (Wildman–Crippen LogP) is 5.97. The van der Waals surface area contributed by atoms with Crippen molar-refractivity contribution in [2.45, 2.75) is 64.0 Å². The second-order valence-electron chi connectivity index (χ2n) is 12.5. The number of alkyl carbamates (subject to hydrolysis) is 1. The third kappa shape index (κ3) is 8.00. The fourth-order valence-electron chi connectivity index (χ4n) is 4.77. The minimum atomic E-state index is -4.03. The summed E-state index contributed by atoms with van der Waals surface area (Å²) in [5, 5.41) is 6.59. The highest BCUT2D eigenvalue weighted by Gasteiger charge is 2.29. The van der Waals surface area contributed by atoms with Crippen LogP contribution in [0.15, 0.2) is 65.6 Å². The zero-order chi connectivity index (χ0) is 32.3. The van der Waals surface area contributed by atoms with Gasteiger partial charge in [0, 0.05) is 47.3 Å². The van der Waals surface area contributed by atoms with Crippen LogP contribution in [0, 0.1) is 5.41 Å². The summed E-state index contributed by atoms with van der Waals surface area (Å²) in [6.45, 7) is 9.75. The normalized spacial score (nSPS) is 14.6. The summed E-state index contributed by atoms with van der Waals surface area (Å²) >= 11 is 5.88. The van der Waals surface area contributed by atoms with E-state index in [0.717, 1.165) is 0 Å². The largest absolute Gasteiger partial charge is 0.444 e. The molecule has 3 amide bonds. The van der Waals surface area contributed by atoms with E-state index in [2.05, 4.69) is 15.4 Å². The number of sulfonamides is 1. The number of amides is 3. The number of likely N-dealkylation sites (tertiary alicyclic amines) is 1. The number of rotatable bonds is 8. The van der Waals surface area contributed by atoms with E-state index < -0.39 is 27.1 Å². The topological polar surface area (TPSA) is 134 Å². The number of alkyl halides is 1. The fourth-order valence-corrected chi connectivity index (χ4v) is 6.17. The standard InChI is InChI=1S/C32H39ClN4O6S/c1-31(2,3)43-30(40)35-22-16-18-37(19-17-22)28(38)26-10-6-9-25-24(26)8-7-11-27(25)44(41,42)36-23-14-12-21(13-15-23)34-29(39)32(4,5)20-33/h6-15,22,36H,16-20H2,1-5H3,(H,34,39)(H,35,40). The molecule has 1 aliphatic rings. The lowest BCUT2D eigenvalue weighted by Crippen LogP contribution is -2.47. The molecule has 0 spiro atoms. The van der Waals surface area contributed by atoms with Gasteiger partial charge in [-0.2, -0.15) is 0 Å². The van der Waals surface area contributed by atoms with Crippen molar-refractivity contribution in [3.8, 4) is 0 Å². The van der Waals surface area contributed by atoms with Crippen LogP contribution >= 0.6 is 11.6 Å². The van der Waals surface area contributed by atoms with E-state index in [0.29, 0.717) is 53.6 Å². The number of halogens is 1. The predicted molar refractivity (Wildman–Crippen MR) is 173 cm³/mol.